The van der Waals surface area contributed by atoms with Gasteiger partial charge in [-0.05, 0) is 71.6 Å². The van der Waals surface area contributed by atoms with E-state index >= 15 is 0 Å². The molecule has 4 aromatic carbocycles. The molecule has 0 bridgehead atoms. The molecule has 4 aromatic rings. The maximum absolute atomic E-state index is 13.2. The minimum absolute atomic E-state index is 0.0631. The fourth-order valence-electron chi connectivity index (χ4n) is 5.08. The quantitative estimate of drug-likeness (QED) is 0.336. The summed E-state index contributed by atoms with van der Waals surface area (Å²) in [6, 6.07) is 22.7. The summed E-state index contributed by atoms with van der Waals surface area (Å²) >= 11 is 0. The van der Waals surface area contributed by atoms with E-state index in [4.69, 9.17) is 9.47 Å². The van der Waals surface area contributed by atoms with Crippen molar-refractivity contribution in [2.75, 3.05) is 4.90 Å². The minimum Gasteiger partial charge on any atom is -0.458 e. The van der Waals surface area contributed by atoms with Gasteiger partial charge in [0, 0.05) is 22.5 Å². The molecule has 3 nitrogen and oxygen atoms in total. The van der Waals surface area contributed by atoms with Crippen molar-refractivity contribution in [1.29, 1.82) is 0 Å². The van der Waals surface area contributed by atoms with Crippen LogP contribution in [0.1, 0.15) is 5.56 Å². The Labute approximate surface area is 181 Å². The van der Waals surface area contributed by atoms with Gasteiger partial charge in [0.1, 0.15) is 23.0 Å². The molecule has 0 saturated carbocycles. The molecular formula is C25H13BF3NO2. The van der Waals surface area contributed by atoms with E-state index in [1.807, 2.05) is 59.5 Å². The Hall–Kier alpha value is -3.87. The third kappa shape index (κ3) is 2.23. The maximum atomic E-state index is 13.2. The van der Waals surface area contributed by atoms with E-state index in [-0.39, 0.29) is 6.71 Å². The average molecular weight is 427 g/mol. The van der Waals surface area contributed by atoms with Crippen LogP contribution in [0.2, 0.25) is 0 Å². The molecule has 0 N–H and O–H groups in total. The molecule has 3 heterocycles. The van der Waals surface area contributed by atoms with Crippen molar-refractivity contribution < 1.29 is 22.6 Å². The van der Waals surface area contributed by atoms with E-state index in [2.05, 4.69) is 0 Å². The van der Waals surface area contributed by atoms with Crippen LogP contribution in [0.3, 0.4) is 0 Å². The standard InChI is InChI=1S/C25H13BF3NO2/c27-25(28,29)14-10-12-15(13-11-14)30-16-4-1-6-18-22(16)26-23-17(30)5-2-7-19(23)32-21-9-3-8-20(31-18)24(21)26/h1-13H. The van der Waals surface area contributed by atoms with Gasteiger partial charge in [-0.3, -0.25) is 0 Å². The summed E-state index contributed by atoms with van der Waals surface area (Å²) in [6.45, 7) is -0.0631. The lowest BCUT2D eigenvalue weighted by atomic mass is 9.33. The Balaban J connectivity index is 1.51. The first-order chi connectivity index (χ1) is 15.5. The number of alkyl halides is 3. The zero-order valence-corrected chi connectivity index (χ0v) is 16.5. The Morgan fingerprint density at radius 1 is 0.594 bits per heavy atom. The van der Waals surface area contributed by atoms with Crippen LogP contribution in [-0.4, -0.2) is 6.71 Å². The van der Waals surface area contributed by atoms with Gasteiger partial charge in [-0.25, -0.2) is 0 Å². The fraction of sp³-hybridized carbons (Fsp3) is 0.0400. The summed E-state index contributed by atoms with van der Waals surface area (Å²) in [4.78, 5) is 1.99. The summed E-state index contributed by atoms with van der Waals surface area (Å²) < 4.78 is 51.9. The SMILES string of the molecule is FC(F)(F)c1ccc(N2c3cccc4c3B3c5c(cccc5Oc5cccc2c53)O4)cc1. The molecule has 0 aliphatic carbocycles. The predicted molar refractivity (Wildman–Crippen MR) is 117 cm³/mol. The molecule has 0 fully saturated rings. The second-order valence-corrected chi connectivity index (χ2v) is 8.06. The van der Waals surface area contributed by atoms with Crippen LogP contribution in [0, 0.1) is 0 Å². The zero-order chi connectivity index (χ0) is 21.6. The smallest absolute Gasteiger partial charge is 0.416 e. The molecule has 0 aromatic heterocycles. The highest BCUT2D eigenvalue weighted by Crippen LogP contribution is 2.45. The minimum atomic E-state index is -4.38. The molecule has 0 amide bonds. The van der Waals surface area contributed by atoms with E-state index in [0.717, 1.165) is 62.9 Å². The number of rotatable bonds is 1. The molecule has 3 aliphatic rings. The topological polar surface area (TPSA) is 21.7 Å². The second kappa shape index (κ2) is 5.88. The van der Waals surface area contributed by atoms with Gasteiger partial charge in [0.15, 0.2) is 0 Å². The van der Waals surface area contributed by atoms with Crippen LogP contribution in [0.4, 0.5) is 30.2 Å². The highest BCUT2D eigenvalue weighted by Gasteiger charge is 2.47. The lowest BCUT2D eigenvalue weighted by molar-refractivity contribution is -0.137. The number of halogens is 3. The summed E-state index contributed by atoms with van der Waals surface area (Å²) in [5.74, 6) is 3.02. The van der Waals surface area contributed by atoms with Crippen molar-refractivity contribution in [2.24, 2.45) is 0 Å². The number of nitrogens with zero attached hydrogens (tertiary/aromatic N) is 1. The number of benzene rings is 4. The number of ether oxygens (including phenoxy) is 2. The van der Waals surface area contributed by atoms with Gasteiger partial charge >= 0.3 is 6.18 Å². The van der Waals surface area contributed by atoms with Crippen molar-refractivity contribution in [3.8, 4) is 23.0 Å². The van der Waals surface area contributed by atoms with E-state index in [0.29, 0.717) is 5.69 Å². The van der Waals surface area contributed by atoms with Gasteiger partial charge in [-0.1, -0.05) is 18.2 Å². The van der Waals surface area contributed by atoms with Gasteiger partial charge in [0.05, 0.1) is 5.56 Å². The molecule has 3 aliphatic heterocycles. The van der Waals surface area contributed by atoms with Crippen LogP contribution >= 0.6 is 0 Å². The van der Waals surface area contributed by atoms with E-state index in [1.54, 1.807) is 0 Å². The summed E-state index contributed by atoms with van der Waals surface area (Å²) in [5.41, 5.74) is 4.72. The monoisotopic (exact) mass is 427 g/mol. The van der Waals surface area contributed by atoms with Crippen molar-refractivity contribution in [3.05, 3.63) is 84.4 Å². The average Bonchev–Trinajstić information content (AvgIpc) is 2.79. The first-order valence-corrected chi connectivity index (χ1v) is 10.2. The molecule has 0 spiro atoms. The Morgan fingerprint density at radius 3 is 1.56 bits per heavy atom. The number of hydrogen-bond donors (Lipinski definition) is 0. The van der Waals surface area contributed by atoms with Gasteiger partial charge in [0.25, 0.3) is 6.71 Å². The molecule has 0 unspecified atom stereocenters. The Morgan fingerprint density at radius 2 is 1.06 bits per heavy atom. The summed E-state index contributed by atoms with van der Waals surface area (Å²) in [5, 5.41) is 0. The lowest BCUT2D eigenvalue weighted by Crippen LogP contribution is -2.61. The van der Waals surface area contributed by atoms with Crippen LogP contribution < -0.4 is 30.8 Å². The molecule has 7 rings (SSSR count). The maximum Gasteiger partial charge on any atom is 0.416 e. The number of anilines is 3. The molecule has 0 saturated heterocycles. The van der Waals surface area contributed by atoms with E-state index in [9.17, 15) is 13.2 Å². The first kappa shape index (κ1) is 17.8. The predicted octanol–water partition coefficient (Wildman–Crippen LogP) is 5.22. The molecule has 7 heteroatoms. The van der Waals surface area contributed by atoms with Gasteiger partial charge in [-0.2, -0.15) is 13.2 Å². The van der Waals surface area contributed by atoms with Gasteiger partial charge in [0.2, 0.25) is 0 Å². The van der Waals surface area contributed by atoms with Gasteiger partial charge in [-0.15, -0.1) is 0 Å². The molecule has 0 radical (unpaired) electrons. The highest BCUT2D eigenvalue weighted by molar-refractivity contribution is 7.00. The lowest BCUT2D eigenvalue weighted by Gasteiger charge is -2.42. The third-order valence-corrected chi connectivity index (χ3v) is 6.35. The summed E-state index contributed by atoms with van der Waals surface area (Å²) in [7, 11) is 0. The van der Waals surface area contributed by atoms with Crippen LogP contribution in [0.25, 0.3) is 0 Å². The Kier molecular flexibility index (Phi) is 3.27. The molecule has 32 heavy (non-hydrogen) atoms. The van der Waals surface area contributed by atoms with E-state index < -0.39 is 11.7 Å². The normalized spacial score (nSPS) is 14.5. The molecule has 154 valence electrons. The van der Waals surface area contributed by atoms with E-state index in [1.165, 1.54) is 12.1 Å². The second-order valence-electron chi connectivity index (χ2n) is 8.06. The largest absolute Gasteiger partial charge is 0.458 e. The van der Waals surface area contributed by atoms with Crippen LogP contribution in [-0.2, 0) is 6.18 Å². The summed E-state index contributed by atoms with van der Waals surface area (Å²) in [6.07, 6.45) is -4.38. The van der Waals surface area contributed by atoms with Crippen LogP contribution in [0.15, 0.2) is 78.9 Å². The first-order valence-electron chi connectivity index (χ1n) is 10.2. The Bertz CT molecular complexity index is 1360. The molecular weight excluding hydrogens is 414 g/mol. The molecule has 0 atom stereocenters. The van der Waals surface area contributed by atoms with Crippen molar-refractivity contribution >= 4 is 40.2 Å². The zero-order valence-electron chi connectivity index (χ0n) is 16.5. The third-order valence-electron chi connectivity index (χ3n) is 6.35. The number of hydrogen-bond acceptors (Lipinski definition) is 3. The van der Waals surface area contributed by atoms with Crippen LogP contribution in [0.5, 0.6) is 23.0 Å². The highest BCUT2D eigenvalue weighted by atomic mass is 19.4. The van der Waals surface area contributed by atoms with Crippen molar-refractivity contribution in [1.82, 2.24) is 0 Å². The fourth-order valence-corrected chi connectivity index (χ4v) is 5.08. The van der Waals surface area contributed by atoms with Crippen molar-refractivity contribution in [3.63, 3.8) is 0 Å². The van der Waals surface area contributed by atoms with Gasteiger partial charge < -0.3 is 14.4 Å². The van der Waals surface area contributed by atoms with Crippen molar-refractivity contribution in [2.45, 2.75) is 6.18 Å².